The Kier molecular flexibility index (Phi) is 4.08. The van der Waals surface area contributed by atoms with Crippen LogP contribution in [0.25, 0.3) is 0 Å². The summed E-state index contributed by atoms with van der Waals surface area (Å²) in [6.07, 6.45) is -4.82. The second-order valence-corrected chi connectivity index (χ2v) is 5.02. The molecular weight excluding hydrogens is 304 g/mol. The third kappa shape index (κ3) is 3.22. The highest BCUT2D eigenvalue weighted by atomic mass is 35.5. The Hall–Kier alpha value is -0.780. The molecule has 0 saturated carbocycles. The Balaban J connectivity index is 2.39. The molecule has 0 spiro atoms. The zero-order chi connectivity index (χ0) is 14.2. The fraction of sp³-hybridized carbons (Fsp3) is 0.417. The molecule has 104 valence electrons. The van der Waals surface area contributed by atoms with E-state index in [1.807, 2.05) is 0 Å². The molecule has 1 atom stereocenters. The first-order valence-corrected chi connectivity index (χ1v) is 6.24. The van der Waals surface area contributed by atoms with Crippen LogP contribution in [0.15, 0.2) is 12.1 Å². The summed E-state index contributed by atoms with van der Waals surface area (Å²) >= 11 is 11.7. The maximum absolute atomic E-state index is 12.6. The van der Waals surface area contributed by atoms with Gasteiger partial charge in [0.1, 0.15) is 5.78 Å². The first-order valence-electron chi connectivity index (χ1n) is 5.48. The van der Waals surface area contributed by atoms with Gasteiger partial charge in [-0.2, -0.15) is 13.2 Å². The summed E-state index contributed by atoms with van der Waals surface area (Å²) in [6.45, 7) is 0.219. The zero-order valence-corrected chi connectivity index (χ0v) is 11.1. The van der Waals surface area contributed by atoms with Gasteiger partial charge in [-0.3, -0.25) is 4.79 Å². The predicted octanol–water partition coefficient (Wildman–Crippen LogP) is 4.43. The summed E-state index contributed by atoms with van der Waals surface area (Å²) in [7, 11) is 0. The normalized spacial score (nSPS) is 20.7. The number of halogens is 5. The van der Waals surface area contributed by atoms with Crippen molar-refractivity contribution in [2.45, 2.75) is 25.1 Å². The quantitative estimate of drug-likeness (QED) is 0.766. The molecule has 1 heterocycles. The molecule has 1 aromatic carbocycles. The lowest BCUT2D eigenvalue weighted by atomic mass is 9.99. The average Bonchev–Trinajstić information content (AvgIpc) is 2.26. The summed E-state index contributed by atoms with van der Waals surface area (Å²) < 4.78 is 43.1. The van der Waals surface area contributed by atoms with Gasteiger partial charge in [0.05, 0.1) is 18.3 Å². The van der Waals surface area contributed by atoms with Crippen molar-refractivity contribution >= 4 is 29.0 Å². The molecule has 0 N–H and O–H groups in total. The van der Waals surface area contributed by atoms with Crippen molar-refractivity contribution in [1.82, 2.24) is 0 Å². The van der Waals surface area contributed by atoms with Crippen molar-refractivity contribution in [3.63, 3.8) is 0 Å². The summed E-state index contributed by atoms with van der Waals surface area (Å²) in [4.78, 5) is 11.3. The van der Waals surface area contributed by atoms with Gasteiger partial charge in [0.2, 0.25) is 0 Å². The van der Waals surface area contributed by atoms with Crippen LogP contribution in [0.5, 0.6) is 0 Å². The van der Waals surface area contributed by atoms with E-state index in [4.69, 9.17) is 27.9 Å². The molecule has 0 amide bonds. The lowest BCUT2D eigenvalue weighted by Gasteiger charge is -2.24. The minimum Gasteiger partial charge on any atom is -0.372 e. The van der Waals surface area contributed by atoms with Crippen molar-refractivity contribution in [3.8, 4) is 0 Å². The number of alkyl halides is 3. The monoisotopic (exact) mass is 312 g/mol. The van der Waals surface area contributed by atoms with Gasteiger partial charge in [0.25, 0.3) is 0 Å². The number of ether oxygens (including phenoxy) is 1. The Bertz CT molecular complexity index is 491. The molecule has 0 bridgehead atoms. The summed E-state index contributed by atoms with van der Waals surface area (Å²) in [5.74, 6) is -0.0247. The Labute approximate surface area is 117 Å². The molecule has 2 rings (SSSR count). The number of carbonyl (C=O) groups is 1. The number of hydrogen-bond acceptors (Lipinski definition) is 2. The summed E-state index contributed by atoms with van der Waals surface area (Å²) in [5, 5.41) is -0.279. The topological polar surface area (TPSA) is 26.3 Å². The summed E-state index contributed by atoms with van der Waals surface area (Å²) in [6, 6.07) is 1.59. The largest absolute Gasteiger partial charge is 0.416 e. The molecule has 0 radical (unpaired) electrons. The number of rotatable bonds is 1. The molecule has 1 aliphatic heterocycles. The third-order valence-electron chi connectivity index (χ3n) is 2.84. The Morgan fingerprint density at radius 1 is 1.21 bits per heavy atom. The van der Waals surface area contributed by atoms with Crippen LogP contribution >= 0.6 is 23.2 Å². The molecule has 7 heteroatoms. The van der Waals surface area contributed by atoms with Gasteiger partial charge in [-0.15, -0.1) is 0 Å². The van der Waals surface area contributed by atoms with Crippen LogP contribution < -0.4 is 0 Å². The van der Waals surface area contributed by atoms with E-state index in [2.05, 4.69) is 0 Å². The van der Waals surface area contributed by atoms with E-state index in [1.54, 1.807) is 0 Å². The van der Waals surface area contributed by atoms with Crippen LogP contribution in [0.3, 0.4) is 0 Å². The van der Waals surface area contributed by atoms with Gasteiger partial charge in [0.15, 0.2) is 0 Å². The van der Waals surface area contributed by atoms with E-state index in [-0.39, 0.29) is 34.4 Å². The highest BCUT2D eigenvalue weighted by Gasteiger charge is 2.33. The second kappa shape index (κ2) is 5.31. The molecule has 0 aromatic heterocycles. The van der Waals surface area contributed by atoms with Crippen LogP contribution in [0.4, 0.5) is 13.2 Å². The van der Waals surface area contributed by atoms with E-state index in [9.17, 15) is 18.0 Å². The molecule has 19 heavy (non-hydrogen) atoms. The van der Waals surface area contributed by atoms with Gasteiger partial charge in [-0.25, -0.2) is 0 Å². The molecule has 1 aliphatic rings. The SMILES string of the molecule is O=C1CCOC(c2c(Cl)cc(C(F)(F)F)cc2Cl)C1. The number of benzene rings is 1. The molecule has 1 aromatic rings. The lowest BCUT2D eigenvalue weighted by molar-refractivity contribution is -0.137. The van der Waals surface area contributed by atoms with Crippen LogP contribution in [0, 0.1) is 0 Å². The first kappa shape index (κ1) is 14.6. The zero-order valence-electron chi connectivity index (χ0n) is 9.56. The number of ketones is 1. The fourth-order valence-corrected chi connectivity index (χ4v) is 2.65. The van der Waals surface area contributed by atoms with Gasteiger partial charge >= 0.3 is 6.18 Å². The van der Waals surface area contributed by atoms with Crippen molar-refractivity contribution in [1.29, 1.82) is 0 Å². The highest BCUT2D eigenvalue weighted by Crippen LogP contribution is 2.40. The van der Waals surface area contributed by atoms with Gasteiger partial charge in [-0.1, -0.05) is 23.2 Å². The first-order chi connectivity index (χ1) is 8.79. The van der Waals surface area contributed by atoms with Crippen molar-refractivity contribution < 1.29 is 22.7 Å². The number of hydrogen-bond donors (Lipinski definition) is 0. The van der Waals surface area contributed by atoms with E-state index in [1.165, 1.54) is 0 Å². The standard InChI is InChI=1S/C12H9Cl2F3O2/c13-8-3-6(12(15,16)17)4-9(14)11(8)10-5-7(18)1-2-19-10/h3-4,10H,1-2,5H2. The minimum absolute atomic E-state index is 0.0247. The van der Waals surface area contributed by atoms with Crippen molar-refractivity contribution in [2.75, 3.05) is 6.61 Å². The molecular formula is C12H9Cl2F3O2. The second-order valence-electron chi connectivity index (χ2n) is 4.20. The van der Waals surface area contributed by atoms with Gasteiger partial charge in [0, 0.05) is 28.5 Å². The minimum atomic E-state index is -4.52. The van der Waals surface area contributed by atoms with E-state index in [0.717, 1.165) is 12.1 Å². The fourth-order valence-electron chi connectivity index (χ4n) is 1.92. The maximum atomic E-state index is 12.6. The van der Waals surface area contributed by atoms with Gasteiger partial charge < -0.3 is 4.74 Å². The molecule has 1 unspecified atom stereocenters. The summed E-state index contributed by atoms with van der Waals surface area (Å²) in [5.41, 5.74) is -0.683. The smallest absolute Gasteiger partial charge is 0.372 e. The van der Waals surface area contributed by atoms with Crippen molar-refractivity contribution in [2.24, 2.45) is 0 Å². The maximum Gasteiger partial charge on any atom is 0.416 e. The molecule has 0 aliphatic carbocycles. The highest BCUT2D eigenvalue weighted by molar-refractivity contribution is 6.36. The molecule has 1 saturated heterocycles. The van der Waals surface area contributed by atoms with Crippen LogP contribution in [-0.2, 0) is 15.7 Å². The molecule has 1 fully saturated rings. The number of Topliss-reactive ketones (excluding diaryl/α,β-unsaturated/α-hetero) is 1. The lowest BCUT2D eigenvalue weighted by Crippen LogP contribution is -2.20. The third-order valence-corrected chi connectivity index (χ3v) is 3.47. The van der Waals surface area contributed by atoms with Crippen LogP contribution in [-0.4, -0.2) is 12.4 Å². The van der Waals surface area contributed by atoms with E-state index in [0.29, 0.717) is 6.42 Å². The van der Waals surface area contributed by atoms with Crippen LogP contribution in [0.2, 0.25) is 10.0 Å². The van der Waals surface area contributed by atoms with Gasteiger partial charge in [-0.05, 0) is 12.1 Å². The van der Waals surface area contributed by atoms with E-state index >= 15 is 0 Å². The predicted molar refractivity (Wildman–Crippen MR) is 64.4 cm³/mol. The Morgan fingerprint density at radius 3 is 2.26 bits per heavy atom. The Morgan fingerprint density at radius 2 is 1.79 bits per heavy atom. The molecule has 2 nitrogen and oxygen atoms in total. The number of carbonyl (C=O) groups excluding carboxylic acids is 1. The van der Waals surface area contributed by atoms with Crippen molar-refractivity contribution in [3.05, 3.63) is 33.3 Å². The van der Waals surface area contributed by atoms with E-state index < -0.39 is 17.8 Å². The average molecular weight is 313 g/mol. The van der Waals surface area contributed by atoms with Crippen LogP contribution in [0.1, 0.15) is 30.1 Å².